The van der Waals surface area contributed by atoms with E-state index in [0.717, 1.165) is 36.5 Å². The predicted molar refractivity (Wildman–Crippen MR) is 123 cm³/mol. The van der Waals surface area contributed by atoms with Gasteiger partial charge in [-0.05, 0) is 25.8 Å². The van der Waals surface area contributed by atoms with Gasteiger partial charge in [0.2, 0.25) is 5.91 Å². The van der Waals surface area contributed by atoms with Gasteiger partial charge in [0.1, 0.15) is 23.4 Å². The van der Waals surface area contributed by atoms with Crippen LogP contribution < -0.4 is 21.5 Å². The van der Waals surface area contributed by atoms with Crippen molar-refractivity contribution < 1.29 is 42.2 Å². The molecule has 0 aromatic heterocycles. The van der Waals surface area contributed by atoms with Gasteiger partial charge in [0, 0.05) is 25.3 Å². The fourth-order valence-electron chi connectivity index (χ4n) is 4.90. The average molecular weight is 534 g/mol. The van der Waals surface area contributed by atoms with Crippen molar-refractivity contribution in [1.82, 2.24) is 0 Å². The van der Waals surface area contributed by atoms with Crippen molar-refractivity contribution in [3.63, 3.8) is 0 Å². The number of benzene rings is 1. The minimum Gasteiger partial charge on any atom is -0.542 e. The van der Waals surface area contributed by atoms with E-state index >= 15 is 0 Å². The van der Waals surface area contributed by atoms with Crippen molar-refractivity contribution in [1.29, 1.82) is 0 Å². The molecule has 0 radical (unpaired) electrons. The molecule has 0 aliphatic carbocycles. The molecule has 13 nitrogen and oxygen atoms in total. The second kappa shape index (κ2) is 11.6. The van der Waals surface area contributed by atoms with Crippen LogP contribution in [0.4, 0.5) is 35.9 Å². The van der Waals surface area contributed by atoms with E-state index in [4.69, 9.17) is 15.6 Å². The molecule has 16 heteroatoms. The fourth-order valence-corrected chi connectivity index (χ4v) is 4.90. The van der Waals surface area contributed by atoms with Gasteiger partial charge in [-0.3, -0.25) is 25.0 Å². The maximum absolute atomic E-state index is 11.6. The standard InChI is InChI=1S/C19H28N6O5.C2HF3O2/c1-12(19(20)26)22-15-9-14(16(23(27)28)10-17(15)24(29)30)21-11-13-6-8-25(2)7-4-3-5-18(13)25;3-2(4,5)1(6)7/h9-10,12-13,18,21-22H,3-8,11H2,1-2H3,(H-,20,26);(H,6,7)/t12-,13-,18+,25?;/m0./s1. The summed E-state index contributed by atoms with van der Waals surface area (Å²) in [7, 11) is 2.28. The fraction of sp³-hybridized carbons (Fsp3) is 0.619. The van der Waals surface area contributed by atoms with Crippen LogP contribution >= 0.6 is 0 Å². The summed E-state index contributed by atoms with van der Waals surface area (Å²) in [6.07, 6.45) is -0.577. The third-order valence-corrected chi connectivity index (χ3v) is 6.87. The number of hydrogen-bond donors (Lipinski definition) is 3. The number of hydrogen-bond acceptors (Lipinski definition) is 9. The zero-order valence-corrected chi connectivity index (χ0v) is 20.2. The number of carbonyl (C=O) groups excluding carboxylic acids is 2. The molecule has 1 unspecified atom stereocenters. The Balaban J connectivity index is 0.000000604. The zero-order chi connectivity index (χ0) is 28.1. The molecule has 0 saturated carbocycles. The molecule has 2 heterocycles. The second-order valence-corrected chi connectivity index (χ2v) is 9.37. The van der Waals surface area contributed by atoms with Gasteiger partial charge in [-0.25, -0.2) is 0 Å². The molecular weight excluding hydrogens is 505 g/mol. The van der Waals surface area contributed by atoms with Crippen LogP contribution in [0.25, 0.3) is 0 Å². The number of rotatable bonds is 8. The second-order valence-electron chi connectivity index (χ2n) is 9.37. The first-order chi connectivity index (χ1) is 17.1. The van der Waals surface area contributed by atoms with E-state index in [-0.39, 0.29) is 17.1 Å². The number of anilines is 2. The number of quaternary nitrogens is 1. The third-order valence-electron chi connectivity index (χ3n) is 6.87. The van der Waals surface area contributed by atoms with Gasteiger partial charge in [0.25, 0.3) is 11.4 Å². The normalized spacial score (nSPS) is 23.6. The minimum absolute atomic E-state index is 0.0177. The number of nitrogens with zero attached hydrogens (tertiary/aromatic N) is 3. The molecule has 2 fully saturated rings. The molecule has 3 rings (SSSR count). The van der Waals surface area contributed by atoms with Gasteiger partial charge in [-0.15, -0.1) is 0 Å². The number of aliphatic carboxylic acids is 1. The van der Waals surface area contributed by atoms with Crippen molar-refractivity contribution in [2.75, 3.05) is 37.3 Å². The molecule has 2 aliphatic rings. The Labute approximate surface area is 209 Å². The molecule has 4 atom stereocenters. The Morgan fingerprint density at radius 2 is 1.68 bits per heavy atom. The molecule has 2 saturated heterocycles. The number of piperidine rings is 1. The van der Waals surface area contributed by atoms with Crippen molar-refractivity contribution in [2.24, 2.45) is 11.7 Å². The number of fused-ring (bicyclic) bond motifs is 1. The highest BCUT2D eigenvalue weighted by molar-refractivity contribution is 5.85. The average Bonchev–Trinajstić information content (AvgIpc) is 3.13. The van der Waals surface area contributed by atoms with E-state index in [9.17, 15) is 38.2 Å². The molecule has 206 valence electrons. The van der Waals surface area contributed by atoms with Gasteiger partial charge in [-0.1, -0.05) is 0 Å². The summed E-state index contributed by atoms with van der Waals surface area (Å²) >= 11 is 0. The molecular formula is C21H29F3N6O7. The van der Waals surface area contributed by atoms with E-state index in [1.807, 2.05) is 0 Å². The largest absolute Gasteiger partial charge is 0.542 e. The number of amides is 1. The summed E-state index contributed by atoms with van der Waals surface area (Å²) in [4.78, 5) is 41.8. The number of nitro groups is 2. The number of carbonyl (C=O) groups is 2. The zero-order valence-electron chi connectivity index (χ0n) is 20.2. The lowest BCUT2D eigenvalue weighted by Crippen LogP contribution is -2.53. The van der Waals surface area contributed by atoms with Gasteiger partial charge < -0.3 is 30.8 Å². The van der Waals surface area contributed by atoms with Crippen molar-refractivity contribution in [3.8, 4) is 0 Å². The first kappa shape index (κ1) is 29.5. The summed E-state index contributed by atoms with van der Waals surface area (Å²) in [6.45, 7) is 4.29. The lowest BCUT2D eigenvalue weighted by molar-refractivity contribution is -0.927. The van der Waals surface area contributed by atoms with Crippen molar-refractivity contribution in [3.05, 3.63) is 32.4 Å². The molecule has 4 N–H and O–H groups in total. The molecule has 37 heavy (non-hydrogen) atoms. The first-order valence-electron chi connectivity index (χ1n) is 11.5. The number of carboxylic acid groups (broad SMARTS) is 1. The van der Waals surface area contributed by atoms with E-state index in [2.05, 4.69) is 17.7 Å². The Morgan fingerprint density at radius 3 is 2.19 bits per heavy atom. The van der Waals surface area contributed by atoms with E-state index in [1.54, 1.807) is 0 Å². The van der Waals surface area contributed by atoms with Crippen LogP contribution in [0, 0.1) is 26.1 Å². The summed E-state index contributed by atoms with van der Waals surface area (Å²) < 4.78 is 32.6. The summed E-state index contributed by atoms with van der Waals surface area (Å²) in [6, 6.07) is 1.91. The summed E-state index contributed by atoms with van der Waals surface area (Å²) in [5.74, 6) is -3.31. The third kappa shape index (κ3) is 7.41. The summed E-state index contributed by atoms with van der Waals surface area (Å²) in [5, 5.41) is 37.6. The van der Waals surface area contributed by atoms with Gasteiger partial charge >= 0.3 is 6.18 Å². The highest BCUT2D eigenvalue weighted by atomic mass is 19.4. The minimum atomic E-state index is -5.19. The number of halogens is 3. The Kier molecular flexibility index (Phi) is 9.24. The first-order valence-corrected chi connectivity index (χ1v) is 11.5. The van der Waals surface area contributed by atoms with Crippen LogP contribution in [0.2, 0.25) is 0 Å². The van der Waals surface area contributed by atoms with Gasteiger partial charge in [0.05, 0.1) is 42.1 Å². The van der Waals surface area contributed by atoms with Crippen molar-refractivity contribution >= 4 is 34.6 Å². The lowest BCUT2D eigenvalue weighted by atomic mass is 9.92. The van der Waals surface area contributed by atoms with E-state index in [0.29, 0.717) is 18.5 Å². The quantitative estimate of drug-likeness (QED) is 0.252. The summed E-state index contributed by atoms with van der Waals surface area (Å²) in [5.41, 5.74) is 4.62. The number of carboxylic acids is 1. The molecule has 0 bridgehead atoms. The van der Waals surface area contributed by atoms with Crippen LogP contribution in [0.15, 0.2) is 12.1 Å². The highest BCUT2D eigenvalue weighted by Crippen LogP contribution is 2.40. The molecule has 1 aromatic carbocycles. The molecule has 0 spiro atoms. The van der Waals surface area contributed by atoms with Crippen LogP contribution in [0.1, 0.15) is 32.6 Å². The molecule has 1 amide bonds. The van der Waals surface area contributed by atoms with E-state index in [1.165, 1.54) is 25.8 Å². The SMILES string of the molecule is C[C@H](Nc1cc(NC[C@@H]2CC[N+]3(C)CCCC[C@H]23)c([N+](=O)[O-])cc1[N+](=O)[O-])C(N)=O.O=C([O-])C(F)(F)F. The smallest absolute Gasteiger partial charge is 0.430 e. The number of nitrogens with two attached hydrogens (primary N) is 1. The maximum atomic E-state index is 11.6. The Bertz CT molecular complexity index is 1050. The molecule has 1 aromatic rings. The van der Waals surface area contributed by atoms with Crippen LogP contribution in [-0.2, 0) is 9.59 Å². The number of nitrogens with one attached hydrogen (secondary N) is 2. The number of alkyl halides is 3. The number of primary amides is 1. The topological polar surface area (TPSA) is 194 Å². The van der Waals surface area contributed by atoms with Crippen LogP contribution in [0.3, 0.4) is 0 Å². The van der Waals surface area contributed by atoms with Crippen LogP contribution in [0.5, 0.6) is 0 Å². The van der Waals surface area contributed by atoms with E-state index < -0.39 is 39.6 Å². The lowest BCUT2D eigenvalue weighted by Gasteiger charge is -2.41. The maximum Gasteiger partial charge on any atom is 0.430 e. The van der Waals surface area contributed by atoms with Gasteiger partial charge in [-0.2, -0.15) is 13.2 Å². The van der Waals surface area contributed by atoms with Crippen LogP contribution in [-0.4, -0.2) is 71.1 Å². The predicted octanol–water partition coefficient (Wildman–Crippen LogP) is 1.52. The Morgan fingerprint density at radius 1 is 1.11 bits per heavy atom. The van der Waals surface area contributed by atoms with Crippen molar-refractivity contribution in [2.45, 2.75) is 50.9 Å². The monoisotopic (exact) mass is 534 g/mol. The molecule has 2 aliphatic heterocycles. The Hall–Kier alpha value is -3.69. The van der Waals surface area contributed by atoms with Gasteiger partial charge in [0.15, 0.2) is 0 Å². The highest BCUT2D eigenvalue weighted by Gasteiger charge is 2.46. The number of nitro benzene ring substituents is 2.